The zero-order valence-electron chi connectivity index (χ0n) is 29.2. The molecular weight excluding hydrogens is 677 g/mol. The van der Waals surface area contributed by atoms with Crippen LogP contribution >= 0.6 is 11.8 Å². The number of amides is 4. The number of fused-ring (bicyclic) bond motifs is 1. The summed E-state index contributed by atoms with van der Waals surface area (Å²) in [5, 5.41) is 33.1. The Hall–Kier alpha value is -4.38. The summed E-state index contributed by atoms with van der Waals surface area (Å²) < 4.78 is 3.13. The number of Topliss-reactive ketones (excluding diaryl/α,β-unsaturated/α-hetero) is 1. The van der Waals surface area contributed by atoms with Gasteiger partial charge in [-0.3, -0.25) is 24.0 Å². The Morgan fingerprint density at radius 1 is 1.10 bits per heavy atom. The maximum Gasteiger partial charge on any atom is 0.287 e. The van der Waals surface area contributed by atoms with Crippen molar-refractivity contribution in [2.45, 2.75) is 101 Å². The molecule has 2 aliphatic heterocycles. The van der Waals surface area contributed by atoms with Gasteiger partial charge >= 0.3 is 0 Å². The first kappa shape index (κ1) is 36.4. The van der Waals surface area contributed by atoms with Gasteiger partial charge in [-0.15, -0.1) is 10.2 Å². The third-order valence-electron chi connectivity index (χ3n) is 10.5. The summed E-state index contributed by atoms with van der Waals surface area (Å²) in [6, 6.07) is 2.41. The van der Waals surface area contributed by atoms with Crippen molar-refractivity contribution in [2.24, 2.45) is 18.7 Å². The molecule has 3 fully saturated rings. The highest BCUT2D eigenvalue weighted by atomic mass is 32.2. The molecule has 6 rings (SSSR count). The Morgan fingerprint density at radius 3 is 2.51 bits per heavy atom. The maximum absolute atomic E-state index is 14.8. The van der Waals surface area contributed by atoms with E-state index in [0.717, 1.165) is 37.6 Å². The minimum atomic E-state index is -1.48. The van der Waals surface area contributed by atoms with E-state index in [1.165, 1.54) is 15.8 Å². The highest BCUT2D eigenvalue weighted by Gasteiger charge is 2.49. The normalized spacial score (nSPS) is 21.7. The van der Waals surface area contributed by atoms with Gasteiger partial charge in [0, 0.05) is 25.6 Å². The molecule has 3 atom stereocenters. The van der Waals surface area contributed by atoms with Crippen molar-refractivity contribution in [1.29, 1.82) is 0 Å². The lowest BCUT2D eigenvalue weighted by atomic mass is 9.84. The molecule has 0 spiro atoms. The van der Waals surface area contributed by atoms with Gasteiger partial charge in [0.2, 0.25) is 17.6 Å². The van der Waals surface area contributed by atoms with Gasteiger partial charge in [0.25, 0.3) is 11.8 Å². The fourth-order valence-electron chi connectivity index (χ4n) is 7.72. The predicted octanol–water partition coefficient (Wildman–Crippen LogP) is 1.13. The van der Waals surface area contributed by atoms with E-state index in [9.17, 15) is 29.1 Å². The van der Waals surface area contributed by atoms with E-state index in [4.69, 9.17) is 5.73 Å². The number of hydrogen-bond donors (Lipinski definition) is 4. The van der Waals surface area contributed by atoms with Gasteiger partial charge in [-0.1, -0.05) is 42.5 Å². The van der Waals surface area contributed by atoms with Crippen LogP contribution in [0.25, 0.3) is 11.0 Å². The zero-order chi connectivity index (χ0) is 36.5. The monoisotopic (exact) mass is 722 g/mol. The van der Waals surface area contributed by atoms with Crippen LogP contribution in [0.4, 0.5) is 0 Å². The van der Waals surface area contributed by atoms with Crippen molar-refractivity contribution in [1.82, 2.24) is 45.5 Å². The van der Waals surface area contributed by atoms with Crippen LogP contribution in [0.5, 0.6) is 0 Å². The van der Waals surface area contributed by atoms with Crippen molar-refractivity contribution >= 4 is 52.2 Å². The van der Waals surface area contributed by atoms with E-state index in [2.05, 4.69) is 31.3 Å². The van der Waals surface area contributed by atoms with Gasteiger partial charge in [0.15, 0.2) is 0 Å². The maximum atomic E-state index is 14.8. The predicted molar refractivity (Wildman–Crippen MR) is 187 cm³/mol. The number of aromatic nitrogens is 6. The number of thioether (sulfide) groups is 1. The largest absolute Gasteiger partial charge is 0.384 e. The first-order chi connectivity index (χ1) is 24.3. The molecule has 2 aromatic heterocycles. The Labute approximate surface area is 299 Å². The number of aliphatic hydroxyl groups is 1. The molecule has 17 heteroatoms. The van der Waals surface area contributed by atoms with E-state index in [1.54, 1.807) is 55.5 Å². The molecule has 51 heavy (non-hydrogen) atoms. The highest BCUT2D eigenvalue weighted by Crippen LogP contribution is 2.35. The molecule has 3 aliphatic rings. The van der Waals surface area contributed by atoms with Crippen LogP contribution in [0.3, 0.4) is 0 Å². The molecule has 0 bridgehead atoms. The third kappa shape index (κ3) is 7.64. The SMILES string of the molecule is Cn1nnc2cc(C(=O)N[C@H](CC3CCCCC3)C(=O)N3C[C@@H](n4nncc4C(C)(C)O)C[C@H]3C(=O)NC3(C(=O)C(N)=O)CCSCC3)ccc21. The Balaban J connectivity index is 1.33. The topological polar surface area (TPSA) is 220 Å². The number of benzene rings is 1. The fourth-order valence-corrected chi connectivity index (χ4v) is 8.91. The lowest BCUT2D eigenvalue weighted by Gasteiger charge is -2.37. The molecule has 274 valence electrons. The first-order valence-electron chi connectivity index (χ1n) is 17.6. The molecule has 1 aromatic carbocycles. The van der Waals surface area contributed by atoms with Crippen LogP contribution in [-0.4, -0.2) is 105 Å². The molecule has 4 heterocycles. The number of carbonyl (C=O) groups excluding carboxylic acids is 5. The molecule has 0 unspecified atom stereocenters. The number of hydrogen-bond acceptors (Lipinski definition) is 11. The zero-order valence-corrected chi connectivity index (χ0v) is 30.0. The van der Waals surface area contributed by atoms with Crippen LogP contribution in [0.2, 0.25) is 0 Å². The van der Waals surface area contributed by atoms with Gasteiger partial charge < -0.3 is 26.4 Å². The molecule has 2 saturated heterocycles. The van der Waals surface area contributed by atoms with Crippen LogP contribution < -0.4 is 16.4 Å². The minimum Gasteiger partial charge on any atom is -0.384 e. The molecular formula is C34H46N10O6S. The number of nitrogens with two attached hydrogens (primary N) is 1. The highest BCUT2D eigenvalue weighted by molar-refractivity contribution is 7.99. The van der Waals surface area contributed by atoms with Crippen LogP contribution in [0.1, 0.15) is 93.7 Å². The van der Waals surface area contributed by atoms with E-state index in [-0.39, 0.29) is 31.7 Å². The molecule has 0 radical (unpaired) electrons. The van der Waals surface area contributed by atoms with E-state index in [1.807, 2.05) is 0 Å². The Bertz CT molecular complexity index is 1810. The second-order valence-electron chi connectivity index (χ2n) is 14.6. The number of rotatable bonds is 11. The number of nitrogens with one attached hydrogen (secondary N) is 2. The smallest absolute Gasteiger partial charge is 0.287 e. The summed E-state index contributed by atoms with van der Waals surface area (Å²) in [7, 11) is 1.76. The lowest BCUT2D eigenvalue weighted by molar-refractivity contribution is -0.145. The van der Waals surface area contributed by atoms with Crippen molar-refractivity contribution < 1.29 is 29.1 Å². The molecule has 1 aliphatic carbocycles. The van der Waals surface area contributed by atoms with E-state index in [0.29, 0.717) is 34.7 Å². The number of ketones is 1. The van der Waals surface area contributed by atoms with Gasteiger partial charge in [-0.25, -0.2) is 9.36 Å². The minimum absolute atomic E-state index is 0.0264. The standard InChI is InChI=1S/C34H46N10O6S/c1-33(2,50)27-18-36-40-44(27)22-17-26(31(48)38-34(28(45)29(35)46)11-13-51-14-12-34)43(19-22)32(49)24(15-20-7-5-4-6-8-20)37-30(47)21-9-10-25-23(16-21)39-41-42(25)3/h9-10,16,18,20,22,24,26,50H,4-8,11-15,17,19H2,1-3H3,(H2,35,46)(H,37,47)(H,38,48)/t22-,24+,26-/m0/s1. The summed E-state index contributed by atoms with van der Waals surface area (Å²) in [5.74, 6) is -2.24. The Morgan fingerprint density at radius 2 is 1.82 bits per heavy atom. The number of nitrogens with zero attached hydrogens (tertiary/aromatic N) is 7. The van der Waals surface area contributed by atoms with Gasteiger partial charge in [0.1, 0.15) is 28.7 Å². The summed E-state index contributed by atoms with van der Waals surface area (Å²) in [6.07, 6.45) is 7.36. The number of aryl methyl sites for hydroxylation is 1. The molecule has 3 aromatic rings. The van der Waals surface area contributed by atoms with Gasteiger partial charge in [0.05, 0.1) is 23.4 Å². The fraction of sp³-hybridized carbons (Fsp3) is 0.618. The average molecular weight is 723 g/mol. The molecule has 16 nitrogen and oxygen atoms in total. The van der Waals surface area contributed by atoms with Crippen molar-refractivity contribution in [2.75, 3.05) is 18.1 Å². The van der Waals surface area contributed by atoms with Crippen molar-refractivity contribution in [3.63, 3.8) is 0 Å². The molecule has 5 N–H and O–H groups in total. The number of primary amides is 1. The molecule has 4 amide bonds. The number of likely N-dealkylation sites (tertiary alicyclic amines) is 1. The summed E-state index contributed by atoms with van der Waals surface area (Å²) in [4.78, 5) is 69.7. The number of carbonyl (C=O) groups is 5. The molecule has 1 saturated carbocycles. The van der Waals surface area contributed by atoms with Crippen molar-refractivity contribution in [3.8, 4) is 0 Å². The van der Waals surface area contributed by atoms with Gasteiger partial charge in [-0.05, 0) is 68.7 Å². The third-order valence-corrected chi connectivity index (χ3v) is 11.5. The lowest BCUT2D eigenvalue weighted by Crippen LogP contribution is -2.63. The van der Waals surface area contributed by atoms with Crippen molar-refractivity contribution in [3.05, 3.63) is 35.7 Å². The summed E-state index contributed by atoms with van der Waals surface area (Å²) >= 11 is 1.61. The van der Waals surface area contributed by atoms with Gasteiger partial charge in [-0.2, -0.15) is 11.8 Å². The second kappa shape index (κ2) is 14.7. The van der Waals surface area contributed by atoms with Crippen LogP contribution in [-0.2, 0) is 31.8 Å². The Kier molecular flexibility index (Phi) is 10.5. The summed E-state index contributed by atoms with van der Waals surface area (Å²) in [5.41, 5.74) is 4.65. The quantitative estimate of drug-likeness (QED) is 0.206. The summed E-state index contributed by atoms with van der Waals surface area (Å²) in [6.45, 7) is 3.22. The van der Waals surface area contributed by atoms with E-state index < -0.39 is 58.7 Å². The average Bonchev–Trinajstić information content (AvgIpc) is 3.87. The van der Waals surface area contributed by atoms with Crippen LogP contribution in [0.15, 0.2) is 24.4 Å². The van der Waals surface area contributed by atoms with E-state index >= 15 is 0 Å². The second-order valence-corrected chi connectivity index (χ2v) is 15.8. The first-order valence-corrected chi connectivity index (χ1v) is 18.7. The van der Waals surface area contributed by atoms with Crippen LogP contribution in [0, 0.1) is 5.92 Å².